The first-order valence-corrected chi connectivity index (χ1v) is 11.1. The molecule has 0 bridgehead atoms. The second-order valence-electron chi connectivity index (χ2n) is 9.04. The van der Waals surface area contributed by atoms with Crippen molar-refractivity contribution in [2.75, 3.05) is 57.4 Å². The van der Waals surface area contributed by atoms with Gasteiger partial charge in [0.15, 0.2) is 11.6 Å². The number of aliphatic hydroxyl groups is 2. The third-order valence-corrected chi connectivity index (χ3v) is 6.24. The Balaban J connectivity index is 1.33. The summed E-state index contributed by atoms with van der Waals surface area (Å²) < 4.78 is 50.8. The monoisotopic (exact) mass is 466 g/mol. The lowest BCUT2D eigenvalue weighted by Crippen LogP contribution is -2.55. The molecule has 0 radical (unpaired) electrons. The lowest BCUT2D eigenvalue weighted by atomic mass is 9.90. The Morgan fingerprint density at radius 1 is 0.909 bits per heavy atom. The van der Waals surface area contributed by atoms with Crippen LogP contribution in [0.1, 0.15) is 12.8 Å². The van der Waals surface area contributed by atoms with Crippen LogP contribution in [0, 0.1) is 17.5 Å². The average Bonchev–Trinajstić information content (AvgIpc) is 2.97. The Morgan fingerprint density at radius 2 is 1.64 bits per heavy atom. The molecular formula is C24H29F3N2O4. The van der Waals surface area contributed by atoms with E-state index in [1.54, 1.807) is 12.1 Å². The molecule has 6 nitrogen and oxygen atoms in total. The molecule has 2 aliphatic rings. The molecule has 2 N–H and O–H groups in total. The molecule has 33 heavy (non-hydrogen) atoms. The van der Waals surface area contributed by atoms with Gasteiger partial charge in [-0.1, -0.05) is 0 Å². The van der Waals surface area contributed by atoms with Crippen molar-refractivity contribution in [3.05, 3.63) is 59.9 Å². The lowest BCUT2D eigenvalue weighted by Gasteiger charge is -2.42. The molecular weight excluding hydrogens is 437 g/mol. The second-order valence-corrected chi connectivity index (χ2v) is 9.04. The number of ether oxygens (including phenoxy) is 2. The van der Waals surface area contributed by atoms with Crippen LogP contribution < -0.4 is 9.64 Å². The minimum atomic E-state index is -1.37. The maximum Gasteiger partial charge on any atom is 0.162 e. The summed E-state index contributed by atoms with van der Waals surface area (Å²) >= 11 is 0. The van der Waals surface area contributed by atoms with Crippen molar-refractivity contribution in [1.29, 1.82) is 0 Å². The van der Waals surface area contributed by atoms with Gasteiger partial charge in [-0.05, 0) is 49.2 Å². The lowest BCUT2D eigenvalue weighted by molar-refractivity contribution is -0.0743. The van der Waals surface area contributed by atoms with Crippen molar-refractivity contribution in [2.45, 2.75) is 24.0 Å². The van der Waals surface area contributed by atoms with Crippen LogP contribution in [-0.4, -0.2) is 78.9 Å². The molecule has 2 heterocycles. The Bertz CT molecular complexity index is 938. The van der Waals surface area contributed by atoms with Gasteiger partial charge in [-0.2, -0.15) is 0 Å². The molecule has 2 aromatic rings. The van der Waals surface area contributed by atoms with Gasteiger partial charge in [0, 0.05) is 44.5 Å². The SMILES string of the molecule is OC1(CN2CCOC[C@](O)(COc3ccc(F)c(F)c3)C2)CCN(c2ccc(F)cc2)CC1. The number of piperidine rings is 1. The fourth-order valence-electron chi connectivity index (χ4n) is 4.41. The zero-order chi connectivity index (χ0) is 23.5. The highest BCUT2D eigenvalue weighted by atomic mass is 19.2. The number of anilines is 1. The second kappa shape index (κ2) is 9.89. The van der Waals surface area contributed by atoms with Gasteiger partial charge in [0.05, 0.1) is 18.8 Å². The molecule has 2 aromatic carbocycles. The van der Waals surface area contributed by atoms with E-state index in [9.17, 15) is 23.4 Å². The summed E-state index contributed by atoms with van der Waals surface area (Å²) in [5.74, 6) is -2.15. The summed E-state index contributed by atoms with van der Waals surface area (Å²) in [6.07, 6.45) is 1.07. The quantitative estimate of drug-likeness (QED) is 0.683. The van der Waals surface area contributed by atoms with Gasteiger partial charge in [0.2, 0.25) is 0 Å². The average molecular weight is 467 g/mol. The molecule has 0 unspecified atom stereocenters. The van der Waals surface area contributed by atoms with Crippen molar-refractivity contribution in [2.24, 2.45) is 0 Å². The van der Waals surface area contributed by atoms with Crippen LogP contribution in [0.2, 0.25) is 0 Å². The van der Waals surface area contributed by atoms with Crippen LogP contribution in [0.5, 0.6) is 5.75 Å². The third kappa shape index (κ3) is 6.17. The van der Waals surface area contributed by atoms with Gasteiger partial charge in [-0.25, -0.2) is 13.2 Å². The van der Waals surface area contributed by atoms with E-state index in [1.807, 2.05) is 4.90 Å². The molecule has 2 saturated heterocycles. The van der Waals surface area contributed by atoms with E-state index in [1.165, 1.54) is 18.2 Å². The van der Waals surface area contributed by atoms with Crippen molar-refractivity contribution >= 4 is 5.69 Å². The van der Waals surface area contributed by atoms with E-state index in [4.69, 9.17) is 9.47 Å². The third-order valence-electron chi connectivity index (χ3n) is 6.24. The number of nitrogens with zero attached hydrogens (tertiary/aromatic N) is 2. The Hall–Kier alpha value is -2.33. The number of hydrogen-bond acceptors (Lipinski definition) is 6. The topological polar surface area (TPSA) is 65.4 Å². The van der Waals surface area contributed by atoms with Crippen LogP contribution in [0.25, 0.3) is 0 Å². The summed E-state index contributed by atoms with van der Waals surface area (Å²) in [5, 5.41) is 22.3. The van der Waals surface area contributed by atoms with Gasteiger partial charge in [-0.15, -0.1) is 0 Å². The first-order chi connectivity index (χ1) is 15.7. The number of benzene rings is 2. The molecule has 9 heteroatoms. The number of halogens is 3. The van der Waals surface area contributed by atoms with E-state index in [0.29, 0.717) is 45.6 Å². The number of rotatable bonds is 6. The predicted molar refractivity (Wildman–Crippen MR) is 117 cm³/mol. The highest BCUT2D eigenvalue weighted by Gasteiger charge is 2.39. The first kappa shape index (κ1) is 23.8. The zero-order valence-electron chi connectivity index (χ0n) is 18.4. The van der Waals surface area contributed by atoms with Crippen molar-refractivity contribution < 1.29 is 32.9 Å². The van der Waals surface area contributed by atoms with E-state index in [0.717, 1.165) is 17.8 Å². The predicted octanol–water partition coefficient (Wildman–Crippen LogP) is 2.58. The first-order valence-electron chi connectivity index (χ1n) is 11.1. The standard InChI is InChI=1S/C24H29F3N2O4/c25-18-1-3-19(4-2-18)29-9-7-23(30,8-10-29)14-28-11-12-32-16-24(31,15-28)17-33-20-5-6-21(26)22(27)13-20/h1-6,13,30-31H,7-12,14-17H2/t24-/m0/s1. The Kier molecular flexibility index (Phi) is 7.13. The molecule has 1 atom stereocenters. The molecule has 180 valence electrons. The number of hydrogen-bond donors (Lipinski definition) is 2. The molecule has 0 saturated carbocycles. The molecule has 2 fully saturated rings. The minimum absolute atomic E-state index is 0.0317. The highest BCUT2D eigenvalue weighted by molar-refractivity contribution is 5.46. The fourth-order valence-corrected chi connectivity index (χ4v) is 4.41. The van der Waals surface area contributed by atoms with E-state index in [2.05, 4.69) is 4.90 Å². The number of β-amino-alcohol motifs (C(OH)–C–C–N with tert-alkyl or cyclic N) is 2. The van der Waals surface area contributed by atoms with Crippen molar-refractivity contribution in [3.63, 3.8) is 0 Å². The van der Waals surface area contributed by atoms with Gasteiger partial charge in [0.25, 0.3) is 0 Å². The molecule has 0 amide bonds. The summed E-state index contributed by atoms with van der Waals surface area (Å²) in [4.78, 5) is 4.07. The summed E-state index contributed by atoms with van der Waals surface area (Å²) in [6.45, 7) is 2.64. The van der Waals surface area contributed by atoms with Crippen LogP contribution in [0.15, 0.2) is 42.5 Å². The maximum atomic E-state index is 13.4. The summed E-state index contributed by atoms with van der Waals surface area (Å²) in [5.41, 5.74) is -1.37. The van der Waals surface area contributed by atoms with Crippen LogP contribution in [0.3, 0.4) is 0 Å². The van der Waals surface area contributed by atoms with Gasteiger partial charge in [-0.3, -0.25) is 4.90 Å². The molecule has 4 rings (SSSR count). The zero-order valence-corrected chi connectivity index (χ0v) is 18.4. The smallest absolute Gasteiger partial charge is 0.162 e. The molecule has 0 spiro atoms. The van der Waals surface area contributed by atoms with Gasteiger partial charge in [0.1, 0.15) is 23.8 Å². The Labute approximate surface area is 191 Å². The van der Waals surface area contributed by atoms with Gasteiger partial charge >= 0.3 is 0 Å². The molecule has 2 aliphatic heterocycles. The Morgan fingerprint density at radius 3 is 2.33 bits per heavy atom. The maximum absolute atomic E-state index is 13.4. The largest absolute Gasteiger partial charge is 0.490 e. The van der Waals surface area contributed by atoms with E-state index >= 15 is 0 Å². The van der Waals surface area contributed by atoms with Crippen LogP contribution in [-0.2, 0) is 4.74 Å². The van der Waals surface area contributed by atoms with Gasteiger partial charge < -0.3 is 24.6 Å². The fraction of sp³-hybridized carbons (Fsp3) is 0.500. The summed E-state index contributed by atoms with van der Waals surface area (Å²) in [6, 6.07) is 9.53. The molecule has 0 aromatic heterocycles. The minimum Gasteiger partial charge on any atom is -0.490 e. The van der Waals surface area contributed by atoms with Crippen LogP contribution >= 0.6 is 0 Å². The van der Waals surface area contributed by atoms with Crippen molar-refractivity contribution in [1.82, 2.24) is 4.90 Å². The van der Waals surface area contributed by atoms with E-state index in [-0.39, 0.29) is 31.3 Å². The van der Waals surface area contributed by atoms with Crippen molar-refractivity contribution in [3.8, 4) is 5.75 Å². The highest BCUT2D eigenvalue weighted by Crippen LogP contribution is 2.28. The summed E-state index contributed by atoms with van der Waals surface area (Å²) in [7, 11) is 0. The van der Waals surface area contributed by atoms with Crippen LogP contribution in [0.4, 0.5) is 18.9 Å². The normalized spacial score (nSPS) is 23.8. The molecule has 0 aliphatic carbocycles. The van der Waals surface area contributed by atoms with E-state index < -0.39 is 22.8 Å².